The van der Waals surface area contributed by atoms with Gasteiger partial charge in [-0.05, 0) is 26.0 Å². The van der Waals surface area contributed by atoms with E-state index < -0.39 is 0 Å². The molecule has 0 heterocycles. The summed E-state index contributed by atoms with van der Waals surface area (Å²) in [7, 11) is 0. The maximum atomic E-state index is 11.7. The number of nitrogens with two attached hydrogens (primary N) is 1. The molecule has 0 fully saturated rings. The first-order valence-electron chi connectivity index (χ1n) is 6.86. The van der Waals surface area contributed by atoms with Crippen LogP contribution in [0.1, 0.15) is 26.7 Å². The van der Waals surface area contributed by atoms with Gasteiger partial charge in [-0.3, -0.25) is 4.79 Å². The van der Waals surface area contributed by atoms with Gasteiger partial charge < -0.3 is 16.0 Å². The molecule has 0 aromatic heterocycles. The topological polar surface area (TPSA) is 58.4 Å². The molecule has 1 amide bonds. The zero-order chi connectivity index (χ0) is 15.0. The molecule has 0 atom stereocenters. The van der Waals surface area contributed by atoms with Gasteiger partial charge in [-0.1, -0.05) is 30.4 Å². The number of nitrogens with one attached hydrogen (secondary N) is 1. The molecule has 0 aliphatic rings. The van der Waals surface area contributed by atoms with E-state index in [-0.39, 0.29) is 11.9 Å². The van der Waals surface area contributed by atoms with E-state index >= 15 is 0 Å². The fraction of sp³-hybridized carbons (Fsp3) is 0.467. The van der Waals surface area contributed by atoms with Crippen LogP contribution < -0.4 is 16.0 Å². The summed E-state index contributed by atoms with van der Waals surface area (Å²) in [6.07, 6.45) is 1.11. The van der Waals surface area contributed by atoms with Crippen LogP contribution in [0.5, 0.6) is 0 Å². The van der Waals surface area contributed by atoms with Crippen molar-refractivity contribution in [3.63, 3.8) is 0 Å². The number of thiocarbonyl (C=S) groups is 1. The molecule has 5 heteroatoms. The molecule has 1 rings (SSSR count). The maximum absolute atomic E-state index is 11.7. The van der Waals surface area contributed by atoms with Crippen LogP contribution in [0.3, 0.4) is 0 Å². The van der Waals surface area contributed by atoms with Crippen molar-refractivity contribution in [3.05, 3.63) is 30.3 Å². The SMILES string of the molecule is CC(C)NC(=O)CCN(CCC(N)=S)c1ccccc1. The minimum Gasteiger partial charge on any atom is -0.393 e. The van der Waals surface area contributed by atoms with E-state index in [1.54, 1.807) is 0 Å². The molecule has 0 radical (unpaired) electrons. The first-order valence-corrected chi connectivity index (χ1v) is 7.27. The largest absolute Gasteiger partial charge is 0.393 e. The minimum atomic E-state index is 0.0660. The van der Waals surface area contributed by atoms with Crippen molar-refractivity contribution >= 4 is 28.8 Å². The lowest BCUT2D eigenvalue weighted by Crippen LogP contribution is -2.35. The monoisotopic (exact) mass is 293 g/mol. The van der Waals surface area contributed by atoms with Crippen molar-refractivity contribution in [2.75, 3.05) is 18.0 Å². The highest BCUT2D eigenvalue weighted by Gasteiger charge is 2.10. The molecule has 20 heavy (non-hydrogen) atoms. The normalized spacial score (nSPS) is 10.3. The van der Waals surface area contributed by atoms with E-state index in [9.17, 15) is 4.79 Å². The van der Waals surface area contributed by atoms with Crippen LogP contribution in [0.2, 0.25) is 0 Å². The number of nitrogens with zero attached hydrogens (tertiary/aromatic N) is 1. The fourth-order valence-corrected chi connectivity index (χ4v) is 1.98. The third-order valence-corrected chi connectivity index (χ3v) is 3.01. The van der Waals surface area contributed by atoms with Gasteiger partial charge in [0, 0.05) is 37.7 Å². The molecule has 0 unspecified atom stereocenters. The lowest BCUT2D eigenvalue weighted by atomic mass is 10.2. The Bertz CT molecular complexity index is 434. The standard InChI is InChI=1S/C15H23N3OS/c1-12(2)17-15(19)9-11-18(10-8-14(16)20)13-6-4-3-5-7-13/h3-7,12H,8-11H2,1-2H3,(H2,16,20)(H,17,19). The predicted octanol–water partition coefficient (Wildman–Crippen LogP) is 2.08. The molecular formula is C15H23N3OS. The van der Waals surface area contributed by atoms with Crippen LogP contribution in [-0.4, -0.2) is 30.0 Å². The average molecular weight is 293 g/mol. The number of anilines is 1. The number of carbonyl (C=O) groups is 1. The number of benzene rings is 1. The van der Waals surface area contributed by atoms with Gasteiger partial charge in [0.2, 0.25) is 5.91 Å². The highest BCUT2D eigenvalue weighted by Crippen LogP contribution is 2.14. The number of para-hydroxylation sites is 1. The van der Waals surface area contributed by atoms with Crippen molar-refractivity contribution in [1.82, 2.24) is 5.32 Å². The Labute approximate surface area is 126 Å². The second kappa shape index (κ2) is 8.53. The summed E-state index contributed by atoms with van der Waals surface area (Å²) in [5, 5.41) is 2.90. The highest BCUT2D eigenvalue weighted by molar-refractivity contribution is 7.80. The van der Waals surface area contributed by atoms with E-state index in [4.69, 9.17) is 18.0 Å². The Hall–Kier alpha value is -1.62. The summed E-state index contributed by atoms with van der Waals surface area (Å²) in [5.74, 6) is 0.0660. The van der Waals surface area contributed by atoms with E-state index in [0.717, 1.165) is 12.2 Å². The Kier molecular flexibility index (Phi) is 7.01. The summed E-state index contributed by atoms with van der Waals surface area (Å²) in [5.41, 5.74) is 6.65. The highest BCUT2D eigenvalue weighted by atomic mass is 32.1. The minimum absolute atomic E-state index is 0.0660. The maximum Gasteiger partial charge on any atom is 0.221 e. The van der Waals surface area contributed by atoms with Gasteiger partial charge in [0.05, 0.1) is 4.99 Å². The van der Waals surface area contributed by atoms with Crippen LogP contribution in [0.4, 0.5) is 5.69 Å². The molecular weight excluding hydrogens is 270 g/mol. The Balaban J connectivity index is 2.59. The van der Waals surface area contributed by atoms with Gasteiger partial charge in [0.25, 0.3) is 0 Å². The Morgan fingerprint density at radius 1 is 1.25 bits per heavy atom. The van der Waals surface area contributed by atoms with Gasteiger partial charge in [0.15, 0.2) is 0 Å². The predicted molar refractivity (Wildman–Crippen MR) is 88.0 cm³/mol. The molecule has 0 aliphatic heterocycles. The van der Waals surface area contributed by atoms with E-state index in [0.29, 0.717) is 24.4 Å². The molecule has 0 spiro atoms. The first-order chi connectivity index (χ1) is 9.49. The molecule has 0 saturated heterocycles. The number of rotatable bonds is 8. The fourth-order valence-electron chi connectivity index (χ4n) is 1.88. The third kappa shape index (κ3) is 6.52. The van der Waals surface area contributed by atoms with Crippen molar-refractivity contribution in [2.24, 2.45) is 5.73 Å². The van der Waals surface area contributed by atoms with Crippen molar-refractivity contribution < 1.29 is 4.79 Å². The molecule has 3 N–H and O–H groups in total. The van der Waals surface area contributed by atoms with E-state index in [1.807, 2.05) is 44.2 Å². The molecule has 0 saturated carbocycles. The molecule has 0 bridgehead atoms. The van der Waals surface area contributed by atoms with E-state index in [1.165, 1.54) is 0 Å². The van der Waals surface area contributed by atoms with Crippen LogP contribution in [0.15, 0.2) is 30.3 Å². The number of amides is 1. The zero-order valence-corrected chi connectivity index (χ0v) is 13.0. The summed E-state index contributed by atoms with van der Waals surface area (Å²) in [6.45, 7) is 5.30. The lowest BCUT2D eigenvalue weighted by molar-refractivity contribution is -0.121. The van der Waals surface area contributed by atoms with Crippen molar-refractivity contribution in [1.29, 1.82) is 0 Å². The second-order valence-corrected chi connectivity index (χ2v) is 5.54. The number of hydrogen-bond donors (Lipinski definition) is 2. The van der Waals surface area contributed by atoms with Crippen LogP contribution in [0, 0.1) is 0 Å². The second-order valence-electron chi connectivity index (χ2n) is 5.01. The summed E-state index contributed by atoms with van der Waals surface area (Å²) >= 11 is 4.93. The first kappa shape index (κ1) is 16.4. The van der Waals surface area contributed by atoms with Crippen molar-refractivity contribution in [3.8, 4) is 0 Å². The quantitative estimate of drug-likeness (QED) is 0.721. The van der Waals surface area contributed by atoms with Gasteiger partial charge in [-0.25, -0.2) is 0 Å². The number of carbonyl (C=O) groups excluding carboxylic acids is 1. The molecule has 0 aliphatic carbocycles. The third-order valence-electron chi connectivity index (χ3n) is 2.81. The summed E-state index contributed by atoms with van der Waals surface area (Å²) < 4.78 is 0. The molecule has 1 aromatic rings. The van der Waals surface area contributed by atoms with Crippen LogP contribution in [-0.2, 0) is 4.79 Å². The molecule has 1 aromatic carbocycles. The van der Waals surface area contributed by atoms with E-state index in [2.05, 4.69) is 10.2 Å². The lowest BCUT2D eigenvalue weighted by Gasteiger charge is -2.24. The average Bonchev–Trinajstić information content (AvgIpc) is 2.38. The van der Waals surface area contributed by atoms with Crippen LogP contribution >= 0.6 is 12.2 Å². The smallest absolute Gasteiger partial charge is 0.221 e. The van der Waals surface area contributed by atoms with Crippen LogP contribution in [0.25, 0.3) is 0 Å². The Morgan fingerprint density at radius 2 is 1.85 bits per heavy atom. The van der Waals surface area contributed by atoms with Gasteiger partial charge >= 0.3 is 0 Å². The summed E-state index contributed by atoms with van der Waals surface area (Å²) in [6, 6.07) is 10.2. The summed E-state index contributed by atoms with van der Waals surface area (Å²) in [4.78, 5) is 14.4. The van der Waals surface area contributed by atoms with Gasteiger partial charge in [-0.15, -0.1) is 0 Å². The van der Waals surface area contributed by atoms with Crippen molar-refractivity contribution in [2.45, 2.75) is 32.7 Å². The molecule has 4 nitrogen and oxygen atoms in total. The zero-order valence-electron chi connectivity index (χ0n) is 12.1. The van der Waals surface area contributed by atoms with Gasteiger partial charge in [-0.2, -0.15) is 0 Å². The molecule has 110 valence electrons. The van der Waals surface area contributed by atoms with Gasteiger partial charge in [0.1, 0.15) is 0 Å². The number of hydrogen-bond acceptors (Lipinski definition) is 3. The Morgan fingerprint density at radius 3 is 2.40 bits per heavy atom.